The maximum absolute atomic E-state index is 14.8. The van der Waals surface area contributed by atoms with Gasteiger partial charge in [0, 0.05) is 44.4 Å². The van der Waals surface area contributed by atoms with Gasteiger partial charge in [-0.1, -0.05) is 6.07 Å². The van der Waals surface area contributed by atoms with Crippen molar-refractivity contribution in [3.63, 3.8) is 0 Å². The quantitative estimate of drug-likeness (QED) is 0.354. The van der Waals surface area contributed by atoms with Crippen LogP contribution in [-0.4, -0.2) is 75.9 Å². The fourth-order valence-corrected chi connectivity index (χ4v) is 4.45. The summed E-state index contributed by atoms with van der Waals surface area (Å²) in [6.45, 7) is 5.11. The number of H-pyrrole nitrogens is 2. The Morgan fingerprint density at radius 3 is 2.43 bits per heavy atom. The summed E-state index contributed by atoms with van der Waals surface area (Å²) in [6.07, 6.45) is 0.666. The van der Waals surface area contributed by atoms with E-state index in [1.54, 1.807) is 18.2 Å². The molecule has 1 aliphatic rings. The Morgan fingerprint density at radius 2 is 1.68 bits per heavy atom. The molecule has 1 aliphatic heterocycles. The maximum Gasteiger partial charge on any atom is 0.323 e. The van der Waals surface area contributed by atoms with Crippen molar-refractivity contribution in [2.75, 3.05) is 46.4 Å². The van der Waals surface area contributed by atoms with Crippen LogP contribution in [0.1, 0.15) is 12.0 Å². The fraction of sp³-hybridized carbons (Fsp3) is 0.346. The Morgan fingerprint density at radius 1 is 0.946 bits per heavy atom. The average Bonchev–Trinajstić information content (AvgIpc) is 3.24. The lowest BCUT2D eigenvalue weighted by Crippen LogP contribution is -2.44. The first-order chi connectivity index (χ1) is 17.9. The van der Waals surface area contributed by atoms with E-state index in [4.69, 9.17) is 4.74 Å². The molecule has 1 fully saturated rings. The SMILES string of the molecule is CN1CCN(CCCOc2c(F)cc(-c3ccc(=O)n(Cc4ccc5[nH]c(=O)[nH]c5c4)n3)cc2F)CC1. The number of hydrogen-bond acceptors (Lipinski definition) is 6. The molecule has 2 aromatic heterocycles. The molecule has 37 heavy (non-hydrogen) atoms. The molecule has 2 N–H and O–H groups in total. The zero-order valence-corrected chi connectivity index (χ0v) is 20.5. The van der Waals surface area contributed by atoms with E-state index in [1.165, 1.54) is 16.8 Å². The molecule has 0 radical (unpaired) electrons. The Labute approximate surface area is 211 Å². The topological polar surface area (TPSA) is 99.2 Å². The van der Waals surface area contributed by atoms with Gasteiger partial charge < -0.3 is 24.5 Å². The molecular formula is C26H28F2N6O3. The molecule has 3 heterocycles. The predicted octanol–water partition coefficient (Wildman–Crippen LogP) is 2.42. The van der Waals surface area contributed by atoms with Crippen LogP contribution < -0.4 is 16.0 Å². The number of fused-ring (bicyclic) bond motifs is 1. The number of aromatic nitrogens is 4. The molecule has 0 bridgehead atoms. The van der Waals surface area contributed by atoms with E-state index in [0.29, 0.717) is 17.5 Å². The molecular weight excluding hydrogens is 482 g/mol. The van der Waals surface area contributed by atoms with Crippen LogP contribution in [0.3, 0.4) is 0 Å². The van der Waals surface area contributed by atoms with Crippen molar-refractivity contribution >= 4 is 11.0 Å². The molecule has 9 nitrogen and oxygen atoms in total. The molecule has 4 aromatic rings. The van der Waals surface area contributed by atoms with Gasteiger partial charge >= 0.3 is 5.69 Å². The number of nitrogens with one attached hydrogen (secondary N) is 2. The molecule has 0 aliphatic carbocycles. The first-order valence-electron chi connectivity index (χ1n) is 12.2. The highest BCUT2D eigenvalue weighted by Gasteiger charge is 2.17. The van der Waals surface area contributed by atoms with Gasteiger partial charge in [-0.05, 0) is 49.4 Å². The Balaban J connectivity index is 1.27. The molecule has 0 unspecified atom stereocenters. The second kappa shape index (κ2) is 10.7. The molecule has 0 saturated carbocycles. The average molecular weight is 511 g/mol. The summed E-state index contributed by atoms with van der Waals surface area (Å²) >= 11 is 0. The van der Waals surface area contributed by atoms with Gasteiger partial charge in [-0.2, -0.15) is 5.10 Å². The van der Waals surface area contributed by atoms with Crippen molar-refractivity contribution in [3.8, 4) is 17.0 Å². The normalized spacial score (nSPS) is 14.9. The summed E-state index contributed by atoms with van der Waals surface area (Å²) in [5.41, 5.74) is 1.73. The van der Waals surface area contributed by atoms with Crippen molar-refractivity contribution < 1.29 is 13.5 Å². The van der Waals surface area contributed by atoms with Gasteiger partial charge in [-0.15, -0.1) is 0 Å². The number of piperazine rings is 1. The molecule has 1 saturated heterocycles. The van der Waals surface area contributed by atoms with Crippen LogP contribution in [0.25, 0.3) is 22.3 Å². The first kappa shape index (κ1) is 24.8. The number of likely N-dealkylation sites (N-methyl/N-ethyl adjacent to an activating group) is 1. The Bertz CT molecular complexity index is 1500. The number of imidazole rings is 1. The van der Waals surface area contributed by atoms with Crippen molar-refractivity contribution in [2.45, 2.75) is 13.0 Å². The fourth-order valence-electron chi connectivity index (χ4n) is 4.45. The van der Waals surface area contributed by atoms with E-state index >= 15 is 0 Å². The van der Waals surface area contributed by atoms with Crippen molar-refractivity contribution in [1.82, 2.24) is 29.5 Å². The van der Waals surface area contributed by atoms with E-state index in [0.717, 1.165) is 50.4 Å². The minimum Gasteiger partial charge on any atom is -0.488 e. The number of hydrogen-bond donors (Lipinski definition) is 2. The molecule has 2 aromatic carbocycles. The number of rotatable bonds is 8. The zero-order valence-electron chi connectivity index (χ0n) is 20.5. The Hall–Kier alpha value is -3.83. The van der Waals surface area contributed by atoms with Gasteiger partial charge in [0.2, 0.25) is 0 Å². The van der Waals surface area contributed by atoms with Crippen LogP contribution in [0.5, 0.6) is 5.75 Å². The summed E-state index contributed by atoms with van der Waals surface area (Å²) in [5, 5.41) is 4.31. The van der Waals surface area contributed by atoms with Crippen LogP contribution >= 0.6 is 0 Å². The Kier molecular flexibility index (Phi) is 7.15. The highest BCUT2D eigenvalue weighted by atomic mass is 19.1. The second-order valence-electron chi connectivity index (χ2n) is 9.29. The van der Waals surface area contributed by atoms with Gasteiger partial charge in [0.15, 0.2) is 17.4 Å². The number of ether oxygens (including phenoxy) is 1. The highest BCUT2D eigenvalue weighted by Crippen LogP contribution is 2.28. The number of aromatic amines is 2. The number of nitrogens with zero attached hydrogens (tertiary/aromatic N) is 4. The summed E-state index contributed by atoms with van der Waals surface area (Å²) in [7, 11) is 2.09. The number of halogens is 2. The van der Waals surface area contributed by atoms with Crippen LogP contribution in [0, 0.1) is 11.6 Å². The van der Waals surface area contributed by atoms with Crippen LogP contribution in [-0.2, 0) is 6.54 Å². The zero-order chi connectivity index (χ0) is 25.9. The molecule has 0 spiro atoms. The lowest BCUT2D eigenvalue weighted by Gasteiger charge is -2.32. The third-order valence-corrected chi connectivity index (χ3v) is 6.53. The lowest BCUT2D eigenvalue weighted by molar-refractivity contribution is 0.144. The third-order valence-electron chi connectivity index (χ3n) is 6.53. The van der Waals surface area contributed by atoms with Crippen LogP contribution in [0.15, 0.2) is 52.1 Å². The highest BCUT2D eigenvalue weighted by molar-refractivity contribution is 5.75. The lowest BCUT2D eigenvalue weighted by atomic mass is 10.1. The second-order valence-corrected chi connectivity index (χ2v) is 9.29. The van der Waals surface area contributed by atoms with Gasteiger partial charge in [0.25, 0.3) is 5.56 Å². The summed E-state index contributed by atoms with van der Waals surface area (Å²) in [4.78, 5) is 33.8. The first-order valence-corrected chi connectivity index (χ1v) is 12.2. The van der Waals surface area contributed by atoms with Gasteiger partial charge in [-0.25, -0.2) is 18.3 Å². The van der Waals surface area contributed by atoms with Crippen molar-refractivity contribution in [1.29, 1.82) is 0 Å². The van der Waals surface area contributed by atoms with Gasteiger partial charge in [-0.3, -0.25) is 4.79 Å². The van der Waals surface area contributed by atoms with E-state index in [2.05, 4.69) is 31.9 Å². The molecule has 0 atom stereocenters. The van der Waals surface area contributed by atoms with Crippen molar-refractivity contribution in [2.24, 2.45) is 0 Å². The van der Waals surface area contributed by atoms with Crippen molar-refractivity contribution in [3.05, 3.63) is 80.5 Å². The minimum absolute atomic E-state index is 0.120. The maximum atomic E-state index is 14.8. The third kappa shape index (κ3) is 5.78. The summed E-state index contributed by atoms with van der Waals surface area (Å²) in [5.74, 6) is -2.06. The van der Waals surface area contributed by atoms with Crippen LogP contribution in [0.2, 0.25) is 0 Å². The summed E-state index contributed by atoms with van der Waals surface area (Å²) in [6, 6.07) is 10.3. The molecule has 0 amide bonds. The monoisotopic (exact) mass is 510 g/mol. The standard InChI is InChI=1S/C26H28F2N6O3/c1-32-8-10-33(11-9-32)7-2-12-37-25-19(27)14-18(15-20(25)28)21-5-6-24(35)34(31-21)16-17-3-4-22-23(13-17)30-26(36)29-22/h3-6,13-15H,2,7-12,16H2,1H3,(H2,29,30,36). The van der Waals surface area contributed by atoms with Gasteiger partial charge in [0.05, 0.1) is 29.9 Å². The minimum atomic E-state index is -0.823. The van der Waals surface area contributed by atoms with E-state index < -0.39 is 17.4 Å². The largest absolute Gasteiger partial charge is 0.488 e. The predicted molar refractivity (Wildman–Crippen MR) is 136 cm³/mol. The molecule has 5 rings (SSSR count). The number of benzene rings is 2. The van der Waals surface area contributed by atoms with E-state index in [-0.39, 0.29) is 35.7 Å². The van der Waals surface area contributed by atoms with E-state index in [1.807, 2.05) is 0 Å². The smallest absolute Gasteiger partial charge is 0.323 e. The van der Waals surface area contributed by atoms with Gasteiger partial charge in [0.1, 0.15) is 0 Å². The van der Waals surface area contributed by atoms with E-state index in [9.17, 15) is 18.4 Å². The summed E-state index contributed by atoms with van der Waals surface area (Å²) < 4.78 is 36.2. The van der Waals surface area contributed by atoms with Crippen LogP contribution in [0.4, 0.5) is 8.78 Å². The molecule has 11 heteroatoms. The molecule has 194 valence electrons.